The summed E-state index contributed by atoms with van der Waals surface area (Å²) in [6, 6.07) is 0.168. The lowest BCUT2D eigenvalue weighted by molar-refractivity contribution is -0.116. The predicted molar refractivity (Wildman–Crippen MR) is 55.8 cm³/mol. The summed E-state index contributed by atoms with van der Waals surface area (Å²) in [7, 11) is 4.06. The molecule has 4 heteroatoms. The van der Waals surface area contributed by atoms with Gasteiger partial charge < -0.3 is 10.2 Å². The number of hydrogen-bond donors (Lipinski definition) is 1. The van der Waals surface area contributed by atoms with Crippen molar-refractivity contribution in [2.75, 3.05) is 26.6 Å². The van der Waals surface area contributed by atoms with E-state index < -0.39 is 0 Å². The minimum absolute atomic E-state index is 0.125. The largest absolute Gasteiger partial charge is 0.339 e. The molecule has 0 aromatic carbocycles. The Hall–Kier alpha value is -0.540. The van der Waals surface area contributed by atoms with Crippen LogP contribution in [-0.2, 0) is 4.79 Å². The second-order valence-electron chi connectivity index (χ2n) is 3.02. The fourth-order valence-electron chi connectivity index (χ4n) is 0.841. The van der Waals surface area contributed by atoms with Crippen LogP contribution in [0.25, 0.3) is 0 Å². The SMILES string of the molecule is CN(C)CCCC=CC(=O)NCCl. The van der Waals surface area contributed by atoms with E-state index in [1.807, 2.05) is 20.2 Å². The van der Waals surface area contributed by atoms with Crippen molar-refractivity contribution in [1.29, 1.82) is 0 Å². The number of rotatable bonds is 6. The number of halogens is 1. The molecule has 1 amide bonds. The fraction of sp³-hybridized carbons (Fsp3) is 0.667. The highest BCUT2D eigenvalue weighted by molar-refractivity contribution is 6.18. The third kappa shape index (κ3) is 9.37. The first-order valence-corrected chi connectivity index (χ1v) is 4.85. The summed E-state index contributed by atoms with van der Waals surface area (Å²) < 4.78 is 0. The van der Waals surface area contributed by atoms with Gasteiger partial charge in [-0.3, -0.25) is 4.79 Å². The zero-order valence-electron chi connectivity index (χ0n) is 8.22. The van der Waals surface area contributed by atoms with Gasteiger partial charge in [0.2, 0.25) is 5.91 Å². The van der Waals surface area contributed by atoms with Crippen molar-refractivity contribution in [1.82, 2.24) is 10.2 Å². The Balaban J connectivity index is 3.35. The molecule has 0 bridgehead atoms. The molecule has 76 valence electrons. The second kappa shape index (κ2) is 8.08. The van der Waals surface area contributed by atoms with Gasteiger partial charge in [0.25, 0.3) is 0 Å². The number of hydrogen-bond acceptors (Lipinski definition) is 2. The molecule has 0 unspecified atom stereocenters. The Kier molecular flexibility index (Phi) is 7.74. The Morgan fingerprint density at radius 2 is 2.23 bits per heavy atom. The standard InChI is InChI=1S/C9H17ClN2O/c1-12(2)7-5-3-4-6-9(13)11-8-10/h4,6H,3,5,7-8H2,1-2H3,(H,11,13). The van der Waals surface area contributed by atoms with Gasteiger partial charge in [-0.05, 0) is 39.6 Å². The maximum atomic E-state index is 10.8. The number of carbonyl (C=O) groups excluding carboxylic acids is 1. The van der Waals surface area contributed by atoms with Crippen molar-refractivity contribution in [2.45, 2.75) is 12.8 Å². The van der Waals surface area contributed by atoms with Gasteiger partial charge in [0.15, 0.2) is 0 Å². The normalized spacial score (nSPS) is 11.1. The molecule has 1 N–H and O–H groups in total. The van der Waals surface area contributed by atoms with Crippen LogP contribution in [0.4, 0.5) is 0 Å². The summed E-state index contributed by atoms with van der Waals surface area (Å²) in [5.41, 5.74) is 0. The van der Waals surface area contributed by atoms with Gasteiger partial charge in [0.05, 0.1) is 6.00 Å². The highest BCUT2D eigenvalue weighted by atomic mass is 35.5. The molecule has 13 heavy (non-hydrogen) atoms. The Bertz CT molecular complexity index is 169. The predicted octanol–water partition coefficient (Wildman–Crippen LogP) is 1.20. The molecule has 0 aromatic rings. The number of nitrogens with one attached hydrogen (secondary N) is 1. The van der Waals surface area contributed by atoms with Gasteiger partial charge in [-0.25, -0.2) is 0 Å². The van der Waals surface area contributed by atoms with E-state index in [2.05, 4.69) is 10.2 Å². The van der Waals surface area contributed by atoms with E-state index in [9.17, 15) is 4.79 Å². The van der Waals surface area contributed by atoms with E-state index in [-0.39, 0.29) is 11.9 Å². The van der Waals surface area contributed by atoms with Crippen LogP contribution in [0.3, 0.4) is 0 Å². The molecule has 0 fully saturated rings. The zero-order valence-corrected chi connectivity index (χ0v) is 8.97. The molecule has 0 aliphatic rings. The lowest BCUT2D eigenvalue weighted by atomic mass is 10.3. The quantitative estimate of drug-likeness (QED) is 0.305. The summed E-state index contributed by atoms with van der Waals surface area (Å²) in [4.78, 5) is 13.0. The third-order valence-corrected chi connectivity index (χ3v) is 1.62. The van der Waals surface area contributed by atoms with Crippen molar-refractivity contribution in [3.63, 3.8) is 0 Å². The van der Waals surface area contributed by atoms with E-state index in [1.54, 1.807) is 0 Å². The van der Waals surface area contributed by atoms with Crippen molar-refractivity contribution in [3.8, 4) is 0 Å². The van der Waals surface area contributed by atoms with Gasteiger partial charge in [0, 0.05) is 0 Å². The maximum Gasteiger partial charge on any atom is 0.244 e. The van der Waals surface area contributed by atoms with E-state index in [0.717, 1.165) is 19.4 Å². The summed E-state index contributed by atoms with van der Waals surface area (Å²) in [5, 5.41) is 2.47. The number of alkyl halides is 1. The summed E-state index contributed by atoms with van der Waals surface area (Å²) in [6.45, 7) is 1.04. The molecule has 0 aliphatic heterocycles. The first kappa shape index (κ1) is 12.5. The summed E-state index contributed by atoms with van der Waals surface area (Å²) in [5.74, 6) is -0.125. The van der Waals surface area contributed by atoms with Crippen LogP contribution in [0, 0.1) is 0 Å². The number of amides is 1. The molecule has 0 saturated carbocycles. The molecule has 0 spiro atoms. The van der Waals surface area contributed by atoms with Gasteiger partial charge in [-0.1, -0.05) is 6.08 Å². The molecule has 0 heterocycles. The van der Waals surface area contributed by atoms with E-state index in [1.165, 1.54) is 6.08 Å². The van der Waals surface area contributed by atoms with Crippen LogP contribution >= 0.6 is 11.6 Å². The smallest absolute Gasteiger partial charge is 0.244 e. The highest BCUT2D eigenvalue weighted by Gasteiger charge is 1.91. The second-order valence-corrected chi connectivity index (χ2v) is 3.29. The monoisotopic (exact) mass is 204 g/mol. The van der Waals surface area contributed by atoms with Gasteiger partial charge in [-0.2, -0.15) is 0 Å². The molecule has 3 nitrogen and oxygen atoms in total. The van der Waals surface area contributed by atoms with Crippen molar-refractivity contribution in [2.24, 2.45) is 0 Å². The number of allylic oxidation sites excluding steroid dienone is 1. The minimum atomic E-state index is -0.125. The molecule has 0 rings (SSSR count). The first-order valence-electron chi connectivity index (χ1n) is 4.32. The number of nitrogens with zero attached hydrogens (tertiary/aromatic N) is 1. The van der Waals surface area contributed by atoms with Crippen molar-refractivity contribution >= 4 is 17.5 Å². The van der Waals surface area contributed by atoms with Gasteiger partial charge in [0.1, 0.15) is 0 Å². The highest BCUT2D eigenvalue weighted by Crippen LogP contribution is 1.92. The zero-order chi connectivity index (χ0) is 10.1. The lowest BCUT2D eigenvalue weighted by Crippen LogP contribution is -2.18. The van der Waals surface area contributed by atoms with Crippen LogP contribution < -0.4 is 5.32 Å². The van der Waals surface area contributed by atoms with Crippen LogP contribution in [0.1, 0.15) is 12.8 Å². The molecule has 0 atom stereocenters. The number of carbonyl (C=O) groups is 1. The third-order valence-electron chi connectivity index (χ3n) is 1.49. The molecule has 0 saturated heterocycles. The van der Waals surface area contributed by atoms with Crippen LogP contribution in [0.5, 0.6) is 0 Å². The molecule has 0 aliphatic carbocycles. The molecular formula is C9H17ClN2O. The lowest BCUT2D eigenvalue weighted by Gasteiger charge is -2.06. The van der Waals surface area contributed by atoms with Gasteiger partial charge >= 0.3 is 0 Å². The van der Waals surface area contributed by atoms with Crippen LogP contribution in [0.15, 0.2) is 12.2 Å². The summed E-state index contributed by atoms with van der Waals surface area (Å²) >= 11 is 5.31. The Morgan fingerprint density at radius 1 is 1.54 bits per heavy atom. The minimum Gasteiger partial charge on any atom is -0.339 e. The van der Waals surface area contributed by atoms with E-state index in [0.29, 0.717) is 0 Å². The fourth-order valence-corrected chi connectivity index (χ4v) is 0.972. The molecular weight excluding hydrogens is 188 g/mol. The van der Waals surface area contributed by atoms with Crippen LogP contribution in [-0.4, -0.2) is 37.5 Å². The average Bonchev–Trinajstić information content (AvgIpc) is 2.03. The van der Waals surface area contributed by atoms with E-state index >= 15 is 0 Å². The van der Waals surface area contributed by atoms with Crippen molar-refractivity contribution < 1.29 is 4.79 Å². The average molecular weight is 205 g/mol. The topological polar surface area (TPSA) is 32.3 Å². The van der Waals surface area contributed by atoms with E-state index in [4.69, 9.17) is 11.6 Å². The number of unbranched alkanes of at least 4 members (excludes halogenated alkanes) is 1. The Morgan fingerprint density at radius 3 is 2.77 bits per heavy atom. The summed E-state index contributed by atoms with van der Waals surface area (Å²) in [6.07, 6.45) is 5.38. The molecule has 0 aromatic heterocycles. The Labute approximate surface area is 84.7 Å². The van der Waals surface area contributed by atoms with Gasteiger partial charge in [-0.15, -0.1) is 11.6 Å². The maximum absolute atomic E-state index is 10.8. The van der Waals surface area contributed by atoms with Crippen molar-refractivity contribution in [3.05, 3.63) is 12.2 Å². The first-order chi connectivity index (χ1) is 6.16. The van der Waals surface area contributed by atoms with Crippen LogP contribution in [0.2, 0.25) is 0 Å². The molecule has 0 radical (unpaired) electrons.